The number of urea groups is 1. The minimum absolute atomic E-state index is 0.0803. The number of imide groups is 1. The first-order valence-electron chi connectivity index (χ1n) is 9.53. The highest BCUT2D eigenvalue weighted by Crippen LogP contribution is 2.34. The average Bonchev–Trinajstić information content (AvgIpc) is 2.95. The molecular formula is C22H22IN3O5. The summed E-state index contributed by atoms with van der Waals surface area (Å²) in [4.78, 5) is 38.2. The van der Waals surface area contributed by atoms with Crippen molar-refractivity contribution in [1.29, 1.82) is 0 Å². The van der Waals surface area contributed by atoms with Crippen molar-refractivity contribution < 1.29 is 23.9 Å². The number of carbonyl (C=O) groups is 3. The molecule has 8 nitrogen and oxygen atoms in total. The van der Waals surface area contributed by atoms with Crippen LogP contribution in [0.5, 0.6) is 11.5 Å². The van der Waals surface area contributed by atoms with Gasteiger partial charge in [0.25, 0.3) is 5.91 Å². The quantitative estimate of drug-likeness (QED) is 0.321. The summed E-state index contributed by atoms with van der Waals surface area (Å²) < 4.78 is 11.8. The lowest BCUT2D eigenvalue weighted by Crippen LogP contribution is -2.38. The fourth-order valence-corrected chi connectivity index (χ4v) is 3.93. The monoisotopic (exact) mass is 535 g/mol. The van der Waals surface area contributed by atoms with Gasteiger partial charge < -0.3 is 20.1 Å². The Morgan fingerprint density at radius 3 is 2.71 bits per heavy atom. The molecule has 31 heavy (non-hydrogen) atoms. The van der Waals surface area contributed by atoms with Crippen molar-refractivity contribution >= 4 is 52.2 Å². The molecule has 0 unspecified atom stereocenters. The third-order valence-corrected chi connectivity index (χ3v) is 5.21. The summed E-state index contributed by atoms with van der Waals surface area (Å²) in [6, 6.07) is 10.1. The summed E-state index contributed by atoms with van der Waals surface area (Å²) in [6.07, 6.45) is 1.54. The van der Waals surface area contributed by atoms with Gasteiger partial charge >= 0.3 is 6.03 Å². The first-order valence-corrected chi connectivity index (χ1v) is 10.6. The molecule has 2 aromatic carbocycles. The highest BCUT2D eigenvalue weighted by Gasteiger charge is 2.35. The predicted octanol–water partition coefficient (Wildman–Crippen LogP) is 3.54. The van der Waals surface area contributed by atoms with Crippen molar-refractivity contribution in [1.82, 2.24) is 10.2 Å². The Kier molecular flexibility index (Phi) is 7.16. The maximum absolute atomic E-state index is 12.7. The van der Waals surface area contributed by atoms with E-state index in [1.54, 1.807) is 37.5 Å². The van der Waals surface area contributed by atoms with Crippen molar-refractivity contribution in [2.24, 2.45) is 0 Å². The van der Waals surface area contributed by atoms with Gasteiger partial charge in [-0.3, -0.25) is 9.59 Å². The van der Waals surface area contributed by atoms with Gasteiger partial charge in [0.2, 0.25) is 5.91 Å². The van der Waals surface area contributed by atoms with Gasteiger partial charge in [-0.25, -0.2) is 9.69 Å². The molecule has 0 bridgehead atoms. The molecule has 2 N–H and O–H groups in total. The lowest BCUT2D eigenvalue weighted by atomic mass is 10.1. The molecule has 1 aliphatic heterocycles. The van der Waals surface area contributed by atoms with Crippen LogP contribution < -0.4 is 20.1 Å². The SMILES string of the molecule is CCOc1cc(/C=C2\NC(=O)N(CC(=O)Nc3cccc(C)c3)C2=O)cc(I)c1OC. The molecular weight excluding hydrogens is 513 g/mol. The number of hydrogen-bond acceptors (Lipinski definition) is 5. The van der Waals surface area contributed by atoms with E-state index in [2.05, 4.69) is 33.2 Å². The zero-order chi connectivity index (χ0) is 22.5. The first-order chi connectivity index (χ1) is 14.8. The number of benzene rings is 2. The molecule has 162 valence electrons. The molecule has 0 aromatic heterocycles. The van der Waals surface area contributed by atoms with Crippen LogP contribution in [0.3, 0.4) is 0 Å². The summed E-state index contributed by atoms with van der Waals surface area (Å²) in [5.74, 6) is 0.0943. The largest absolute Gasteiger partial charge is 0.492 e. The molecule has 1 aliphatic rings. The van der Waals surface area contributed by atoms with Gasteiger partial charge in [0.05, 0.1) is 17.3 Å². The van der Waals surface area contributed by atoms with Crippen molar-refractivity contribution in [2.75, 3.05) is 25.6 Å². The summed E-state index contributed by atoms with van der Waals surface area (Å²) in [7, 11) is 1.55. The Morgan fingerprint density at radius 1 is 1.26 bits per heavy atom. The molecule has 9 heteroatoms. The standard InChI is InChI=1S/C22H22IN3O5/c1-4-31-18-11-14(9-16(23)20(18)30-3)10-17-21(28)26(22(29)25-17)12-19(27)24-15-7-5-6-13(2)8-15/h5-11H,4,12H2,1-3H3,(H,24,27)(H,25,29)/b17-10-. The van der Waals surface area contributed by atoms with Gasteiger partial charge in [0, 0.05) is 5.69 Å². The van der Waals surface area contributed by atoms with Gasteiger partial charge in [-0.1, -0.05) is 12.1 Å². The Balaban J connectivity index is 1.76. The predicted molar refractivity (Wildman–Crippen MR) is 125 cm³/mol. The second-order valence-corrected chi connectivity index (χ2v) is 7.93. The topological polar surface area (TPSA) is 97.0 Å². The van der Waals surface area contributed by atoms with E-state index in [1.807, 2.05) is 26.0 Å². The van der Waals surface area contributed by atoms with E-state index < -0.39 is 17.8 Å². The van der Waals surface area contributed by atoms with Crippen molar-refractivity contribution in [2.45, 2.75) is 13.8 Å². The van der Waals surface area contributed by atoms with Crippen molar-refractivity contribution in [3.63, 3.8) is 0 Å². The molecule has 1 heterocycles. The maximum atomic E-state index is 12.7. The summed E-state index contributed by atoms with van der Waals surface area (Å²) in [5, 5.41) is 5.22. The second-order valence-electron chi connectivity index (χ2n) is 6.76. The first kappa shape index (κ1) is 22.6. The van der Waals surface area contributed by atoms with E-state index in [-0.39, 0.29) is 12.2 Å². The highest BCUT2D eigenvalue weighted by molar-refractivity contribution is 14.1. The van der Waals surface area contributed by atoms with Gasteiger partial charge in [0.15, 0.2) is 11.5 Å². The molecule has 0 saturated carbocycles. The van der Waals surface area contributed by atoms with Crippen LogP contribution in [0.2, 0.25) is 0 Å². The van der Waals surface area contributed by atoms with Crippen LogP contribution in [0, 0.1) is 10.5 Å². The van der Waals surface area contributed by atoms with E-state index in [1.165, 1.54) is 0 Å². The number of nitrogens with one attached hydrogen (secondary N) is 2. The van der Waals surface area contributed by atoms with Crippen LogP contribution >= 0.6 is 22.6 Å². The molecule has 0 radical (unpaired) electrons. The fourth-order valence-electron chi connectivity index (χ4n) is 3.08. The minimum atomic E-state index is -0.649. The fraction of sp³-hybridized carbons (Fsp3) is 0.227. The number of methoxy groups -OCH3 is 1. The molecule has 0 aliphatic carbocycles. The van der Waals surface area contributed by atoms with Gasteiger partial charge in [-0.05, 0) is 77.9 Å². The molecule has 1 saturated heterocycles. The Bertz CT molecular complexity index is 1070. The molecule has 4 amide bonds. The van der Waals surface area contributed by atoms with E-state index in [0.717, 1.165) is 14.0 Å². The number of hydrogen-bond donors (Lipinski definition) is 2. The van der Waals surface area contributed by atoms with Crippen LogP contribution in [-0.4, -0.2) is 43.0 Å². The van der Waals surface area contributed by atoms with Gasteiger partial charge in [0.1, 0.15) is 12.2 Å². The van der Waals surface area contributed by atoms with Crippen LogP contribution in [0.25, 0.3) is 6.08 Å². The van der Waals surface area contributed by atoms with Crippen LogP contribution in [0.4, 0.5) is 10.5 Å². The summed E-state index contributed by atoms with van der Waals surface area (Å²) >= 11 is 2.11. The van der Waals surface area contributed by atoms with Gasteiger partial charge in [-0.15, -0.1) is 0 Å². The van der Waals surface area contributed by atoms with Gasteiger partial charge in [-0.2, -0.15) is 0 Å². The number of anilines is 1. The number of nitrogens with zero attached hydrogens (tertiary/aromatic N) is 1. The van der Waals surface area contributed by atoms with E-state index in [0.29, 0.717) is 29.4 Å². The second kappa shape index (κ2) is 9.82. The molecule has 3 rings (SSSR count). The van der Waals surface area contributed by atoms with Crippen LogP contribution in [0.1, 0.15) is 18.1 Å². The third kappa shape index (κ3) is 5.35. The zero-order valence-corrected chi connectivity index (χ0v) is 19.5. The number of halogens is 1. The van der Waals surface area contributed by atoms with E-state index in [4.69, 9.17) is 9.47 Å². The van der Waals surface area contributed by atoms with E-state index in [9.17, 15) is 14.4 Å². The van der Waals surface area contributed by atoms with Crippen LogP contribution in [0.15, 0.2) is 42.1 Å². The number of rotatable bonds is 7. The third-order valence-electron chi connectivity index (χ3n) is 4.41. The number of amides is 4. The number of ether oxygens (including phenoxy) is 2. The Morgan fingerprint density at radius 2 is 2.03 bits per heavy atom. The molecule has 2 aromatic rings. The zero-order valence-electron chi connectivity index (χ0n) is 17.3. The number of aryl methyl sites for hydroxylation is 1. The Labute approximate surface area is 193 Å². The van der Waals surface area contributed by atoms with Crippen LogP contribution in [-0.2, 0) is 9.59 Å². The summed E-state index contributed by atoms with van der Waals surface area (Å²) in [5.41, 5.74) is 2.32. The van der Waals surface area contributed by atoms with E-state index >= 15 is 0 Å². The minimum Gasteiger partial charge on any atom is -0.492 e. The molecule has 0 spiro atoms. The smallest absolute Gasteiger partial charge is 0.329 e. The Hall–Kier alpha value is -3.08. The average molecular weight is 535 g/mol. The van der Waals surface area contributed by atoms with Crippen molar-refractivity contribution in [3.8, 4) is 11.5 Å². The summed E-state index contributed by atoms with van der Waals surface area (Å²) in [6.45, 7) is 3.82. The highest BCUT2D eigenvalue weighted by atomic mass is 127. The number of carbonyl (C=O) groups excluding carboxylic acids is 3. The molecule has 0 atom stereocenters. The normalized spacial score (nSPS) is 14.6. The lowest BCUT2D eigenvalue weighted by molar-refractivity contribution is -0.127. The lowest BCUT2D eigenvalue weighted by Gasteiger charge is -2.12. The molecule has 1 fully saturated rings. The maximum Gasteiger partial charge on any atom is 0.329 e. The van der Waals surface area contributed by atoms with Crippen molar-refractivity contribution in [3.05, 3.63) is 56.8 Å².